The molecule has 1 aromatic carbocycles. The van der Waals surface area contributed by atoms with Gasteiger partial charge in [0.2, 0.25) is 5.95 Å². The monoisotopic (exact) mass is 577 g/mol. The molecule has 0 spiro atoms. The maximum atomic E-state index is 13.0. The second-order valence-corrected chi connectivity index (χ2v) is 10.6. The molecule has 6 rings (SSSR count). The summed E-state index contributed by atoms with van der Waals surface area (Å²) in [5.74, 6) is 1.18. The molecular weight excluding hydrogens is 546 g/mol. The third-order valence-electron chi connectivity index (χ3n) is 7.36. The van der Waals surface area contributed by atoms with Crippen LogP contribution in [-0.2, 0) is 5.54 Å². The van der Waals surface area contributed by atoms with Crippen LogP contribution >= 0.6 is 0 Å². The lowest BCUT2D eigenvalue weighted by molar-refractivity contribution is 0.0615. The topological polar surface area (TPSA) is 155 Å². The summed E-state index contributed by atoms with van der Waals surface area (Å²) in [5, 5.41) is 25.3. The number of carbonyl (C=O) groups excluding carboxylic acids is 1. The van der Waals surface area contributed by atoms with Gasteiger partial charge in [0.25, 0.3) is 17.7 Å². The molecule has 0 saturated heterocycles. The van der Waals surface area contributed by atoms with E-state index in [9.17, 15) is 9.90 Å². The predicted molar refractivity (Wildman–Crippen MR) is 160 cm³/mol. The first-order valence-corrected chi connectivity index (χ1v) is 14.0. The van der Waals surface area contributed by atoms with E-state index in [1.807, 2.05) is 68.1 Å². The fourth-order valence-electron chi connectivity index (χ4n) is 5.16. The van der Waals surface area contributed by atoms with E-state index in [4.69, 9.17) is 9.40 Å². The fourth-order valence-corrected chi connectivity index (χ4v) is 5.16. The number of benzene rings is 1. The summed E-state index contributed by atoms with van der Waals surface area (Å²) in [6.45, 7) is 6.48. The van der Waals surface area contributed by atoms with Gasteiger partial charge in [0, 0.05) is 31.2 Å². The van der Waals surface area contributed by atoms with Crippen molar-refractivity contribution >= 4 is 23.4 Å². The van der Waals surface area contributed by atoms with Crippen LogP contribution in [0.1, 0.15) is 54.8 Å². The highest BCUT2D eigenvalue weighted by molar-refractivity contribution is 5.99. The summed E-state index contributed by atoms with van der Waals surface area (Å²) >= 11 is 0. The molecular formula is C31H31N9O3. The van der Waals surface area contributed by atoms with E-state index >= 15 is 0 Å². The summed E-state index contributed by atoms with van der Waals surface area (Å²) in [6.07, 6.45) is 5.66. The largest absolute Gasteiger partial charge is 0.414 e. The molecule has 12 heteroatoms. The summed E-state index contributed by atoms with van der Waals surface area (Å²) in [7, 11) is 0. The molecule has 218 valence electrons. The fraction of sp³-hybridized carbons (Fsp3) is 0.258. The Morgan fingerprint density at radius 3 is 2.49 bits per heavy atom. The average molecular weight is 578 g/mol. The first kappa shape index (κ1) is 27.9. The highest BCUT2D eigenvalue weighted by atomic mass is 16.4. The summed E-state index contributed by atoms with van der Waals surface area (Å²) in [5.41, 5.74) is 3.16. The number of pyridine rings is 2. The van der Waals surface area contributed by atoms with Gasteiger partial charge in [-0.3, -0.25) is 9.78 Å². The van der Waals surface area contributed by atoms with Crippen molar-refractivity contribution in [2.75, 3.05) is 23.8 Å². The lowest BCUT2D eigenvalue weighted by atomic mass is 10.0. The number of aliphatic hydroxyl groups is 1. The standard InChI is InChI=1S/C31H31N9O3/c1-4-14-40-29(42)21-17-34-30(37-26(21)31(40,2)3)36-25-15-23(35-24(18-41)19-10-6-5-7-11-19)20(16-33-25)27-38-39-28(43-27)22-12-8-9-13-32-22/h5-13,15-17,24,41H,4,14,18H2,1-3H3,(H2,33,34,35,36,37)/t24-/m1/s1. The first-order valence-electron chi connectivity index (χ1n) is 14.0. The Hall–Kier alpha value is -5.23. The van der Waals surface area contributed by atoms with E-state index in [0.717, 1.165) is 12.0 Å². The SMILES string of the molecule is CCCN1C(=O)c2cnc(Nc3cc(N[C@H](CO)c4ccccc4)c(-c4nnc(-c5ccccn5)o4)cn3)nc2C1(C)C. The van der Waals surface area contributed by atoms with E-state index < -0.39 is 11.6 Å². The van der Waals surface area contributed by atoms with Gasteiger partial charge in [-0.2, -0.15) is 0 Å². The number of hydrogen-bond acceptors (Lipinski definition) is 11. The second-order valence-electron chi connectivity index (χ2n) is 10.6. The highest BCUT2D eigenvalue weighted by Gasteiger charge is 2.44. The van der Waals surface area contributed by atoms with Crippen molar-refractivity contribution in [3.05, 3.63) is 90.0 Å². The molecule has 0 bridgehead atoms. The van der Waals surface area contributed by atoms with Crippen molar-refractivity contribution in [1.29, 1.82) is 0 Å². The number of carbonyl (C=O) groups is 1. The Bertz CT molecular complexity index is 1740. The molecule has 1 aliphatic heterocycles. The number of rotatable bonds is 10. The molecule has 5 aromatic rings. The van der Waals surface area contributed by atoms with Crippen LogP contribution in [0.4, 0.5) is 17.5 Å². The normalized spacial score (nSPS) is 14.4. The predicted octanol–water partition coefficient (Wildman–Crippen LogP) is 4.97. The zero-order chi connectivity index (χ0) is 30.0. The number of fused-ring (bicyclic) bond motifs is 1. The van der Waals surface area contributed by atoms with E-state index in [1.54, 1.807) is 30.7 Å². The Kier molecular flexibility index (Phi) is 7.51. The Morgan fingerprint density at radius 2 is 1.74 bits per heavy atom. The van der Waals surface area contributed by atoms with Gasteiger partial charge >= 0.3 is 0 Å². The molecule has 5 heterocycles. The molecule has 0 radical (unpaired) electrons. The van der Waals surface area contributed by atoms with Gasteiger partial charge in [-0.15, -0.1) is 10.2 Å². The molecule has 0 aliphatic carbocycles. The average Bonchev–Trinajstić information content (AvgIpc) is 3.59. The van der Waals surface area contributed by atoms with Crippen molar-refractivity contribution in [2.24, 2.45) is 0 Å². The third kappa shape index (κ3) is 5.40. The van der Waals surface area contributed by atoms with Gasteiger partial charge in [0.1, 0.15) is 11.5 Å². The Labute approximate surface area is 248 Å². The highest BCUT2D eigenvalue weighted by Crippen LogP contribution is 2.38. The Balaban J connectivity index is 1.35. The van der Waals surface area contributed by atoms with Crippen LogP contribution in [0.5, 0.6) is 0 Å². The molecule has 3 N–H and O–H groups in total. The minimum Gasteiger partial charge on any atom is -0.414 e. The lowest BCUT2D eigenvalue weighted by Crippen LogP contribution is -2.39. The van der Waals surface area contributed by atoms with Crippen molar-refractivity contribution in [3.8, 4) is 23.0 Å². The first-order chi connectivity index (χ1) is 20.9. The van der Waals surface area contributed by atoms with Crippen LogP contribution in [-0.4, -0.2) is 59.2 Å². The summed E-state index contributed by atoms with van der Waals surface area (Å²) in [6, 6.07) is 16.4. The molecule has 1 atom stereocenters. The van der Waals surface area contributed by atoms with Crippen molar-refractivity contribution < 1.29 is 14.3 Å². The molecule has 43 heavy (non-hydrogen) atoms. The van der Waals surface area contributed by atoms with Crippen molar-refractivity contribution in [2.45, 2.75) is 38.8 Å². The van der Waals surface area contributed by atoms with Gasteiger partial charge in [-0.05, 0) is 38.0 Å². The molecule has 0 fully saturated rings. The van der Waals surface area contributed by atoms with Gasteiger partial charge in [-0.1, -0.05) is 43.3 Å². The summed E-state index contributed by atoms with van der Waals surface area (Å²) < 4.78 is 5.98. The van der Waals surface area contributed by atoms with E-state index in [0.29, 0.717) is 46.5 Å². The maximum Gasteiger partial charge on any atom is 0.266 e. The molecule has 0 unspecified atom stereocenters. The number of amides is 1. The van der Waals surface area contributed by atoms with Crippen LogP contribution in [0.15, 0.2) is 77.6 Å². The zero-order valence-electron chi connectivity index (χ0n) is 24.0. The molecule has 1 amide bonds. The van der Waals surface area contributed by atoms with Crippen LogP contribution in [0.25, 0.3) is 23.0 Å². The van der Waals surface area contributed by atoms with Crippen LogP contribution in [0, 0.1) is 0 Å². The van der Waals surface area contributed by atoms with Crippen LogP contribution in [0.2, 0.25) is 0 Å². The zero-order valence-corrected chi connectivity index (χ0v) is 24.0. The quantitative estimate of drug-likeness (QED) is 0.206. The number of nitrogens with one attached hydrogen (secondary N) is 2. The summed E-state index contributed by atoms with van der Waals surface area (Å²) in [4.78, 5) is 32.8. The maximum absolute atomic E-state index is 13.0. The van der Waals surface area contributed by atoms with Gasteiger partial charge in [0.15, 0.2) is 0 Å². The van der Waals surface area contributed by atoms with E-state index in [-0.39, 0.29) is 24.3 Å². The van der Waals surface area contributed by atoms with Crippen molar-refractivity contribution in [3.63, 3.8) is 0 Å². The minimum absolute atomic E-state index is 0.0667. The number of hydrogen-bond donors (Lipinski definition) is 3. The van der Waals surface area contributed by atoms with E-state index in [1.165, 1.54) is 0 Å². The second kappa shape index (κ2) is 11.6. The van der Waals surface area contributed by atoms with Gasteiger partial charge in [0.05, 0.1) is 40.7 Å². The molecule has 4 aromatic heterocycles. The number of aliphatic hydroxyl groups excluding tert-OH is 1. The number of nitrogens with zero attached hydrogens (tertiary/aromatic N) is 7. The van der Waals surface area contributed by atoms with Crippen molar-refractivity contribution in [1.82, 2.24) is 35.0 Å². The third-order valence-corrected chi connectivity index (χ3v) is 7.36. The lowest BCUT2D eigenvalue weighted by Gasteiger charge is -2.31. The van der Waals surface area contributed by atoms with Gasteiger partial charge in [-0.25, -0.2) is 15.0 Å². The number of aromatic nitrogens is 6. The van der Waals surface area contributed by atoms with Crippen LogP contribution in [0.3, 0.4) is 0 Å². The smallest absolute Gasteiger partial charge is 0.266 e. The number of anilines is 3. The van der Waals surface area contributed by atoms with E-state index in [2.05, 4.69) is 35.8 Å². The van der Waals surface area contributed by atoms with Crippen LogP contribution < -0.4 is 10.6 Å². The molecule has 0 saturated carbocycles. The minimum atomic E-state index is -0.570. The molecule has 12 nitrogen and oxygen atoms in total. The molecule has 1 aliphatic rings. The Morgan fingerprint density at radius 1 is 0.977 bits per heavy atom. The van der Waals surface area contributed by atoms with Gasteiger partial charge < -0.3 is 25.1 Å².